The third-order valence-corrected chi connectivity index (χ3v) is 7.07. The van der Waals surface area contributed by atoms with Crippen LogP contribution in [0.3, 0.4) is 0 Å². The summed E-state index contributed by atoms with van der Waals surface area (Å²) in [7, 11) is 0. The van der Waals surface area contributed by atoms with Crippen LogP contribution in [-0.2, 0) is 10.2 Å². The summed E-state index contributed by atoms with van der Waals surface area (Å²) in [5, 5.41) is 11.6. The molecule has 1 aliphatic carbocycles. The molecule has 28 heavy (non-hydrogen) atoms. The lowest BCUT2D eigenvalue weighted by Crippen LogP contribution is -2.45. The Morgan fingerprint density at radius 1 is 1.18 bits per heavy atom. The quantitative estimate of drug-likeness (QED) is 0.647. The molecule has 3 rings (SSSR count). The van der Waals surface area contributed by atoms with E-state index in [9.17, 15) is 9.90 Å². The maximum absolute atomic E-state index is 12.6. The molecule has 4 nitrogen and oxygen atoms in total. The van der Waals surface area contributed by atoms with E-state index in [0.29, 0.717) is 29.1 Å². The monoisotopic (exact) mass is 427 g/mol. The first-order valence-electron chi connectivity index (χ1n) is 10.1. The Balaban J connectivity index is 1.86. The summed E-state index contributed by atoms with van der Waals surface area (Å²) in [6, 6.07) is 5.89. The second-order valence-corrected chi connectivity index (χ2v) is 10.5. The number of hydrogen-bond donors (Lipinski definition) is 1. The van der Waals surface area contributed by atoms with Crippen LogP contribution < -0.4 is 0 Å². The lowest BCUT2D eigenvalue weighted by Gasteiger charge is -2.47. The van der Waals surface area contributed by atoms with Crippen molar-refractivity contribution in [3.63, 3.8) is 0 Å². The summed E-state index contributed by atoms with van der Waals surface area (Å²) in [5.41, 5.74) is -0.0929. The normalized spacial score (nSPS) is 31.1. The van der Waals surface area contributed by atoms with E-state index in [1.807, 2.05) is 44.7 Å². The second kappa shape index (κ2) is 7.70. The van der Waals surface area contributed by atoms with Gasteiger partial charge in [0.15, 0.2) is 0 Å². The molecular formula is C22H31Cl2NO3. The Hall–Kier alpha value is -0.970. The molecule has 1 N–H and O–H groups in total. The van der Waals surface area contributed by atoms with Crippen LogP contribution in [0.15, 0.2) is 18.2 Å². The Kier molecular flexibility index (Phi) is 5.97. The molecule has 1 aromatic rings. The van der Waals surface area contributed by atoms with Crippen molar-refractivity contribution in [2.24, 2.45) is 5.92 Å². The fourth-order valence-electron chi connectivity index (χ4n) is 4.68. The van der Waals surface area contributed by atoms with Crippen LogP contribution in [0.25, 0.3) is 0 Å². The maximum Gasteiger partial charge on any atom is 0.410 e. The van der Waals surface area contributed by atoms with Crippen molar-refractivity contribution in [1.29, 1.82) is 0 Å². The summed E-state index contributed by atoms with van der Waals surface area (Å²) in [6.45, 7) is 8.93. The van der Waals surface area contributed by atoms with Gasteiger partial charge in [-0.1, -0.05) is 29.3 Å². The smallest absolute Gasteiger partial charge is 0.410 e. The molecule has 1 atom stereocenters. The number of ether oxygens (including phenoxy) is 1. The van der Waals surface area contributed by atoms with E-state index >= 15 is 0 Å². The molecular weight excluding hydrogens is 397 g/mol. The Morgan fingerprint density at radius 2 is 1.82 bits per heavy atom. The summed E-state index contributed by atoms with van der Waals surface area (Å²) in [5.74, 6) is 0.299. The number of hydrogen-bond acceptors (Lipinski definition) is 3. The van der Waals surface area contributed by atoms with E-state index in [1.165, 1.54) is 0 Å². The van der Waals surface area contributed by atoms with E-state index in [-0.39, 0.29) is 11.5 Å². The number of amides is 1. The van der Waals surface area contributed by atoms with Gasteiger partial charge in [-0.05, 0) is 83.4 Å². The highest BCUT2D eigenvalue weighted by Gasteiger charge is 2.48. The van der Waals surface area contributed by atoms with Crippen LogP contribution >= 0.6 is 23.2 Å². The van der Waals surface area contributed by atoms with Crippen LogP contribution in [0, 0.1) is 5.92 Å². The van der Waals surface area contributed by atoms with E-state index in [4.69, 9.17) is 27.9 Å². The number of likely N-dealkylation sites (tertiary alicyclic amines) is 1. The summed E-state index contributed by atoms with van der Waals surface area (Å²) < 4.78 is 5.57. The average molecular weight is 428 g/mol. The minimum absolute atomic E-state index is 0.118. The lowest BCUT2D eigenvalue weighted by atomic mass is 9.59. The fraction of sp³-hybridized carbons (Fsp3) is 0.682. The Bertz CT molecular complexity index is 732. The molecule has 0 bridgehead atoms. The van der Waals surface area contributed by atoms with Crippen molar-refractivity contribution in [2.75, 3.05) is 13.1 Å². The zero-order valence-corrected chi connectivity index (χ0v) is 18.7. The van der Waals surface area contributed by atoms with Gasteiger partial charge in [0.05, 0.1) is 15.6 Å². The van der Waals surface area contributed by atoms with Gasteiger partial charge in [-0.3, -0.25) is 0 Å². The number of rotatable bonds is 2. The molecule has 156 valence electrons. The molecule has 1 saturated carbocycles. The molecule has 1 saturated heterocycles. The molecule has 0 aromatic heterocycles. The molecule has 1 aliphatic heterocycles. The molecule has 0 spiro atoms. The average Bonchev–Trinajstić information content (AvgIpc) is 3.07. The van der Waals surface area contributed by atoms with Crippen molar-refractivity contribution in [2.45, 2.75) is 76.4 Å². The molecule has 1 amide bonds. The van der Waals surface area contributed by atoms with E-state index in [1.54, 1.807) is 0 Å². The highest BCUT2D eigenvalue weighted by atomic mass is 35.5. The molecule has 0 unspecified atom stereocenters. The third kappa shape index (κ3) is 4.60. The van der Waals surface area contributed by atoms with Crippen LogP contribution in [0.1, 0.15) is 65.4 Å². The third-order valence-electron chi connectivity index (χ3n) is 6.34. The van der Waals surface area contributed by atoms with Crippen molar-refractivity contribution in [3.8, 4) is 0 Å². The molecule has 2 fully saturated rings. The standard InChI is InChI=1S/C22H31Cl2NO3/c1-20(2,3)28-19(26)25-12-7-16(14-25)22(10-8-21(4,27)9-11-22)15-5-6-17(23)18(24)13-15/h5-6,13,16,27H,7-12,14H2,1-4H3/t16-,21?,22?/m1/s1. The number of aliphatic hydroxyl groups is 1. The van der Waals surface area contributed by atoms with Crippen molar-refractivity contribution in [3.05, 3.63) is 33.8 Å². The molecule has 1 heterocycles. The van der Waals surface area contributed by atoms with Gasteiger partial charge in [-0.25, -0.2) is 4.79 Å². The van der Waals surface area contributed by atoms with Gasteiger partial charge < -0.3 is 14.7 Å². The van der Waals surface area contributed by atoms with Gasteiger partial charge in [0, 0.05) is 18.5 Å². The first-order chi connectivity index (χ1) is 12.9. The number of benzene rings is 1. The second-order valence-electron chi connectivity index (χ2n) is 9.69. The van der Waals surface area contributed by atoms with Crippen molar-refractivity contribution in [1.82, 2.24) is 4.90 Å². The topological polar surface area (TPSA) is 49.8 Å². The minimum Gasteiger partial charge on any atom is -0.444 e. The lowest BCUT2D eigenvalue weighted by molar-refractivity contribution is -0.0125. The van der Waals surface area contributed by atoms with Gasteiger partial charge in [-0.15, -0.1) is 0 Å². The zero-order valence-electron chi connectivity index (χ0n) is 17.2. The van der Waals surface area contributed by atoms with Crippen LogP contribution in [0.5, 0.6) is 0 Å². The van der Waals surface area contributed by atoms with Crippen LogP contribution in [-0.4, -0.2) is 40.4 Å². The van der Waals surface area contributed by atoms with Gasteiger partial charge >= 0.3 is 6.09 Å². The molecule has 6 heteroatoms. The fourth-order valence-corrected chi connectivity index (χ4v) is 4.97. The number of carbonyl (C=O) groups excluding carboxylic acids is 1. The highest BCUT2D eigenvalue weighted by molar-refractivity contribution is 6.42. The first kappa shape index (κ1) is 21.7. The van der Waals surface area contributed by atoms with E-state index < -0.39 is 11.2 Å². The van der Waals surface area contributed by atoms with Gasteiger partial charge in [0.1, 0.15) is 5.60 Å². The molecule has 1 aromatic carbocycles. The highest BCUT2D eigenvalue weighted by Crippen LogP contribution is 2.51. The Morgan fingerprint density at radius 3 is 2.39 bits per heavy atom. The summed E-state index contributed by atoms with van der Waals surface area (Å²) in [6.07, 6.45) is 3.87. The maximum atomic E-state index is 12.6. The number of nitrogens with zero attached hydrogens (tertiary/aromatic N) is 1. The zero-order chi connectivity index (χ0) is 20.7. The Labute approximate surface area is 178 Å². The largest absolute Gasteiger partial charge is 0.444 e. The van der Waals surface area contributed by atoms with Gasteiger partial charge in [0.2, 0.25) is 0 Å². The van der Waals surface area contributed by atoms with Gasteiger partial charge in [-0.2, -0.15) is 0 Å². The summed E-state index contributed by atoms with van der Waals surface area (Å²) in [4.78, 5) is 14.4. The molecule has 0 radical (unpaired) electrons. The predicted molar refractivity (Wildman–Crippen MR) is 113 cm³/mol. The number of halogens is 2. The molecule has 2 aliphatic rings. The first-order valence-corrected chi connectivity index (χ1v) is 10.8. The van der Waals surface area contributed by atoms with Crippen LogP contribution in [0.4, 0.5) is 4.79 Å². The van der Waals surface area contributed by atoms with Crippen molar-refractivity contribution < 1.29 is 14.6 Å². The van der Waals surface area contributed by atoms with E-state index in [2.05, 4.69) is 6.07 Å². The van der Waals surface area contributed by atoms with Crippen LogP contribution in [0.2, 0.25) is 10.0 Å². The summed E-state index contributed by atoms with van der Waals surface area (Å²) >= 11 is 12.5. The van der Waals surface area contributed by atoms with Gasteiger partial charge in [0.25, 0.3) is 0 Å². The minimum atomic E-state index is -0.636. The SMILES string of the molecule is CC1(O)CCC(c2ccc(Cl)c(Cl)c2)([C@@H]2CCN(C(=O)OC(C)(C)C)C2)CC1. The van der Waals surface area contributed by atoms with Crippen molar-refractivity contribution >= 4 is 29.3 Å². The van der Waals surface area contributed by atoms with E-state index in [0.717, 1.165) is 37.7 Å². The predicted octanol–water partition coefficient (Wildman–Crippen LogP) is 5.81. The number of carbonyl (C=O) groups is 1.